The molecule has 0 bridgehead atoms. The van der Waals surface area contributed by atoms with E-state index in [-0.39, 0.29) is 56.9 Å². The highest BCUT2D eigenvalue weighted by Crippen LogP contribution is 2.75. The molecule has 1 aromatic rings. The smallest absolute Gasteiger partial charge is 0.302 e. The Balaban J connectivity index is 1.15. The van der Waals surface area contributed by atoms with Crippen molar-refractivity contribution in [2.45, 2.75) is 119 Å². The van der Waals surface area contributed by atoms with Crippen molar-refractivity contribution in [2.75, 3.05) is 38.2 Å². The number of carbonyl (C=O) groups is 3. The minimum absolute atomic E-state index is 0.0550. The molecule has 5 aliphatic carbocycles. The lowest BCUT2D eigenvalue weighted by Crippen LogP contribution is -2.67. The van der Waals surface area contributed by atoms with Gasteiger partial charge in [-0.25, -0.2) is 0 Å². The lowest BCUT2D eigenvalue weighted by Gasteiger charge is -2.70. The second kappa shape index (κ2) is 11.8. The van der Waals surface area contributed by atoms with Crippen LogP contribution in [0.4, 0.5) is 5.69 Å². The highest BCUT2D eigenvalue weighted by atomic mass is 16.5. The van der Waals surface area contributed by atoms with Crippen LogP contribution in [-0.2, 0) is 19.1 Å². The van der Waals surface area contributed by atoms with E-state index in [2.05, 4.69) is 70.4 Å². The summed E-state index contributed by atoms with van der Waals surface area (Å²) in [6.07, 6.45) is 10.8. The summed E-state index contributed by atoms with van der Waals surface area (Å²) in [5, 5.41) is 0. The molecule has 1 amide bonds. The molecule has 0 N–H and O–H groups in total. The summed E-state index contributed by atoms with van der Waals surface area (Å²) in [6, 6.07) is 8.15. The normalized spacial score (nSPS) is 42.3. The number of methoxy groups -OCH3 is 1. The Kier molecular flexibility index (Phi) is 8.43. The monoisotopic (exact) mass is 686 g/mol. The van der Waals surface area contributed by atoms with E-state index in [4.69, 9.17) is 9.47 Å². The predicted molar refractivity (Wildman–Crippen MR) is 197 cm³/mol. The molecule has 7 heteroatoms. The molecule has 5 fully saturated rings. The zero-order valence-corrected chi connectivity index (χ0v) is 32.3. The molecule has 7 nitrogen and oxygen atoms in total. The maximum Gasteiger partial charge on any atom is 0.302 e. The minimum Gasteiger partial charge on any atom is -0.495 e. The summed E-state index contributed by atoms with van der Waals surface area (Å²) in [4.78, 5) is 45.9. The van der Waals surface area contributed by atoms with Crippen molar-refractivity contribution in [2.24, 2.45) is 50.2 Å². The molecule has 0 unspecified atom stereocenters. The van der Waals surface area contributed by atoms with Gasteiger partial charge < -0.3 is 19.3 Å². The average Bonchev–Trinajstić information content (AvgIpc) is 3.07. The molecular formula is C43H62N2O5. The van der Waals surface area contributed by atoms with Gasteiger partial charge in [0.2, 0.25) is 5.91 Å². The molecule has 6 aliphatic rings. The average molecular weight is 687 g/mol. The van der Waals surface area contributed by atoms with Crippen molar-refractivity contribution in [3.8, 4) is 5.75 Å². The lowest BCUT2D eigenvalue weighted by atomic mass is 9.33. The Morgan fingerprint density at radius 2 is 1.52 bits per heavy atom. The fraction of sp³-hybridized carbons (Fsp3) is 0.744. The SMILES string of the molecule is COc1ccccc1N1CCN(C(=O)[C@@]2(C)CC[C@]3(C)CC[C@]4(C)C(=CC(=O)[C@@H]5[C@@]6(C)CC[C@H](OC(C)=O)C(C)(C)[C@@H]6CC[C@]54C)[C@@H]3C2)CC1. The van der Waals surface area contributed by atoms with E-state index in [9.17, 15) is 14.4 Å². The van der Waals surface area contributed by atoms with Crippen LogP contribution in [-0.4, -0.2) is 62.0 Å². The van der Waals surface area contributed by atoms with Crippen LogP contribution in [0.5, 0.6) is 5.75 Å². The number of carbonyl (C=O) groups excluding carboxylic acids is 3. The quantitative estimate of drug-likeness (QED) is 0.297. The molecule has 9 atom stereocenters. The number of hydrogen-bond acceptors (Lipinski definition) is 6. The minimum atomic E-state index is -0.445. The first-order valence-corrected chi connectivity index (χ1v) is 19.5. The number of esters is 1. The molecule has 274 valence electrons. The largest absolute Gasteiger partial charge is 0.495 e. The number of ketones is 1. The number of benzene rings is 1. The number of ether oxygens (including phenoxy) is 2. The second-order valence-corrected chi connectivity index (χ2v) is 19.2. The summed E-state index contributed by atoms with van der Waals surface area (Å²) in [7, 11) is 1.71. The first-order chi connectivity index (χ1) is 23.4. The number of rotatable bonds is 4. The molecular weight excluding hydrogens is 624 g/mol. The van der Waals surface area contributed by atoms with Crippen molar-refractivity contribution in [1.82, 2.24) is 4.90 Å². The van der Waals surface area contributed by atoms with Crippen LogP contribution >= 0.6 is 0 Å². The number of hydrogen-bond donors (Lipinski definition) is 0. The number of nitrogens with zero attached hydrogens (tertiary/aromatic N) is 2. The molecule has 0 aromatic heterocycles. The van der Waals surface area contributed by atoms with Crippen molar-refractivity contribution >= 4 is 23.3 Å². The van der Waals surface area contributed by atoms with Crippen LogP contribution in [0.3, 0.4) is 0 Å². The zero-order valence-electron chi connectivity index (χ0n) is 32.3. The third-order valence-corrected chi connectivity index (χ3v) is 16.3. The van der Waals surface area contributed by atoms with Gasteiger partial charge in [0.15, 0.2) is 5.78 Å². The van der Waals surface area contributed by atoms with Gasteiger partial charge in [0.1, 0.15) is 11.9 Å². The van der Waals surface area contributed by atoms with Crippen LogP contribution in [0.2, 0.25) is 0 Å². The van der Waals surface area contributed by atoms with Gasteiger partial charge in [-0.15, -0.1) is 0 Å². The van der Waals surface area contributed by atoms with Gasteiger partial charge in [-0.3, -0.25) is 14.4 Å². The van der Waals surface area contributed by atoms with E-state index in [0.29, 0.717) is 24.8 Å². The predicted octanol–water partition coefficient (Wildman–Crippen LogP) is 8.26. The van der Waals surface area contributed by atoms with E-state index >= 15 is 0 Å². The van der Waals surface area contributed by atoms with E-state index in [1.54, 1.807) is 7.11 Å². The van der Waals surface area contributed by atoms with E-state index in [0.717, 1.165) is 82.3 Å². The Morgan fingerprint density at radius 3 is 2.20 bits per heavy atom. The van der Waals surface area contributed by atoms with Crippen LogP contribution in [0.25, 0.3) is 0 Å². The Morgan fingerprint density at radius 1 is 0.840 bits per heavy atom. The molecule has 7 rings (SSSR count). The van der Waals surface area contributed by atoms with Crippen LogP contribution < -0.4 is 9.64 Å². The van der Waals surface area contributed by atoms with Gasteiger partial charge >= 0.3 is 5.97 Å². The number of anilines is 1. The number of allylic oxidation sites excluding steroid dienone is 2. The lowest BCUT2D eigenvalue weighted by molar-refractivity contribution is -0.210. The van der Waals surface area contributed by atoms with Gasteiger partial charge in [0, 0.05) is 49.9 Å². The molecule has 0 spiro atoms. The number of fused-ring (bicyclic) bond motifs is 7. The number of piperazine rings is 1. The van der Waals surface area contributed by atoms with Gasteiger partial charge in [0.25, 0.3) is 0 Å². The summed E-state index contributed by atoms with van der Waals surface area (Å²) >= 11 is 0. The summed E-state index contributed by atoms with van der Waals surface area (Å²) < 4.78 is 11.5. The fourth-order valence-corrected chi connectivity index (χ4v) is 13.2. The first kappa shape index (κ1) is 35.6. The van der Waals surface area contributed by atoms with Crippen molar-refractivity contribution in [1.29, 1.82) is 0 Å². The Labute approximate surface area is 300 Å². The molecule has 4 saturated carbocycles. The molecule has 1 heterocycles. The number of amides is 1. The molecule has 1 aromatic carbocycles. The molecule has 1 aliphatic heterocycles. The van der Waals surface area contributed by atoms with Gasteiger partial charge in [-0.1, -0.05) is 66.2 Å². The summed E-state index contributed by atoms with van der Waals surface area (Å²) in [6.45, 7) is 21.1. The topological polar surface area (TPSA) is 76.2 Å². The van der Waals surface area contributed by atoms with E-state index in [1.165, 1.54) is 12.5 Å². The molecule has 50 heavy (non-hydrogen) atoms. The summed E-state index contributed by atoms with van der Waals surface area (Å²) in [5.74, 6) is 1.74. The summed E-state index contributed by atoms with van der Waals surface area (Å²) in [5.41, 5.74) is 1.50. The molecule has 0 radical (unpaired) electrons. The van der Waals surface area contributed by atoms with Gasteiger partial charge in [0.05, 0.1) is 12.8 Å². The van der Waals surface area contributed by atoms with Crippen molar-refractivity contribution < 1.29 is 23.9 Å². The Bertz CT molecular complexity index is 1590. The van der Waals surface area contributed by atoms with Crippen molar-refractivity contribution in [3.05, 3.63) is 35.9 Å². The van der Waals surface area contributed by atoms with E-state index < -0.39 is 5.41 Å². The van der Waals surface area contributed by atoms with Crippen LogP contribution in [0, 0.1) is 50.2 Å². The highest BCUT2D eigenvalue weighted by molar-refractivity contribution is 5.96. The standard InChI is InChI=1S/C43H62N2O5/c1-28(46)50-35-15-16-41(6)34(38(35,2)3)14-17-43(8)36(41)32(47)26-29-30-27-40(5,19-18-39(30,4)20-21-42(29,43)7)37(48)45-24-22-44(23-25-45)31-12-10-11-13-33(31)49-9/h10-13,26,30,34-36H,14-25,27H2,1-9H3/t30-,34-,35-,36+,39+,40-,41-,42+,43+/m0/s1. The van der Waals surface area contributed by atoms with Gasteiger partial charge in [-0.05, 0) is 109 Å². The van der Waals surface area contributed by atoms with E-state index in [1.807, 2.05) is 18.2 Å². The highest BCUT2D eigenvalue weighted by Gasteiger charge is 2.70. The fourth-order valence-electron chi connectivity index (χ4n) is 13.2. The van der Waals surface area contributed by atoms with Crippen LogP contribution in [0.1, 0.15) is 113 Å². The van der Waals surface area contributed by atoms with Gasteiger partial charge in [-0.2, -0.15) is 0 Å². The third-order valence-electron chi connectivity index (χ3n) is 16.3. The first-order valence-electron chi connectivity index (χ1n) is 19.5. The maximum atomic E-state index is 14.8. The zero-order chi connectivity index (χ0) is 36.1. The van der Waals surface area contributed by atoms with Crippen LogP contribution in [0.15, 0.2) is 35.9 Å². The molecule has 1 saturated heterocycles. The van der Waals surface area contributed by atoms with Crippen molar-refractivity contribution in [3.63, 3.8) is 0 Å². The maximum absolute atomic E-state index is 14.8. The number of para-hydroxylation sites is 2. The Hall–Kier alpha value is -2.83. The third kappa shape index (κ3) is 5.04. The second-order valence-electron chi connectivity index (χ2n) is 19.2.